The van der Waals surface area contributed by atoms with Crippen molar-refractivity contribution in [3.63, 3.8) is 0 Å². The minimum absolute atomic E-state index is 0.133. The average molecular weight is 382 g/mol. The van der Waals surface area contributed by atoms with E-state index in [0.29, 0.717) is 18.0 Å². The van der Waals surface area contributed by atoms with Gasteiger partial charge in [-0.25, -0.2) is 5.43 Å². The molecular formula is C21H26N4O3. The van der Waals surface area contributed by atoms with Gasteiger partial charge in [-0.15, -0.1) is 0 Å². The maximum Gasteiger partial charge on any atom is 0.254 e. The molecule has 7 nitrogen and oxygen atoms in total. The molecule has 0 spiro atoms. The number of carbonyl (C=O) groups excluding carboxylic acids is 1. The molecule has 28 heavy (non-hydrogen) atoms. The molecule has 0 aliphatic carbocycles. The molecule has 1 aliphatic rings. The predicted molar refractivity (Wildman–Crippen MR) is 110 cm³/mol. The summed E-state index contributed by atoms with van der Waals surface area (Å²) in [4.78, 5) is 16.7. The zero-order valence-corrected chi connectivity index (χ0v) is 16.3. The van der Waals surface area contributed by atoms with E-state index in [1.807, 2.05) is 36.4 Å². The Morgan fingerprint density at radius 3 is 2.46 bits per heavy atom. The summed E-state index contributed by atoms with van der Waals surface area (Å²) in [6.07, 6.45) is 1.56. The lowest BCUT2D eigenvalue weighted by atomic mass is 10.2. The molecule has 1 amide bonds. The fourth-order valence-corrected chi connectivity index (χ4v) is 3.23. The molecule has 1 aliphatic heterocycles. The predicted octanol–water partition coefficient (Wildman–Crippen LogP) is 1.98. The molecule has 3 rings (SSSR count). The van der Waals surface area contributed by atoms with Crippen molar-refractivity contribution in [2.75, 3.05) is 51.8 Å². The Bertz CT molecular complexity index is 803. The molecule has 0 saturated carbocycles. The van der Waals surface area contributed by atoms with Crippen molar-refractivity contribution in [1.29, 1.82) is 0 Å². The van der Waals surface area contributed by atoms with E-state index in [0.717, 1.165) is 31.7 Å². The van der Waals surface area contributed by atoms with Gasteiger partial charge in [-0.3, -0.25) is 9.69 Å². The lowest BCUT2D eigenvalue weighted by Crippen LogP contribution is -2.49. The summed E-state index contributed by atoms with van der Waals surface area (Å²) < 4.78 is 10.6. The van der Waals surface area contributed by atoms with E-state index in [1.54, 1.807) is 20.4 Å². The van der Waals surface area contributed by atoms with Crippen molar-refractivity contribution < 1.29 is 14.3 Å². The summed E-state index contributed by atoms with van der Waals surface area (Å²) in [6.45, 7) is 3.82. The second-order valence-corrected chi connectivity index (χ2v) is 6.47. The number of rotatable bonds is 7. The summed E-state index contributed by atoms with van der Waals surface area (Å²) >= 11 is 0. The standard InChI is InChI=1S/C21H26N4O3/c1-27-19-10-6-7-17(21(19)28-2)15-22-23-20(26)16-24-11-13-25(14-12-24)18-8-4-3-5-9-18/h3-10,15H,11-14,16H2,1-2H3,(H,23,26)/b22-15+. The molecule has 1 N–H and O–H groups in total. The van der Waals surface area contributed by atoms with Gasteiger partial charge in [0.25, 0.3) is 5.91 Å². The zero-order valence-electron chi connectivity index (χ0n) is 16.3. The largest absolute Gasteiger partial charge is 0.493 e. The minimum atomic E-state index is -0.133. The quantitative estimate of drug-likeness (QED) is 0.586. The summed E-state index contributed by atoms with van der Waals surface area (Å²) in [7, 11) is 3.15. The van der Waals surface area contributed by atoms with E-state index >= 15 is 0 Å². The smallest absolute Gasteiger partial charge is 0.254 e. The van der Waals surface area contributed by atoms with Crippen molar-refractivity contribution in [2.45, 2.75) is 0 Å². The molecule has 1 heterocycles. The Morgan fingerprint density at radius 2 is 1.79 bits per heavy atom. The molecule has 148 valence electrons. The third-order valence-corrected chi connectivity index (χ3v) is 4.69. The molecule has 7 heteroatoms. The van der Waals surface area contributed by atoms with Gasteiger partial charge in [0.1, 0.15) is 0 Å². The first-order chi connectivity index (χ1) is 13.7. The monoisotopic (exact) mass is 382 g/mol. The number of carbonyl (C=O) groups is 1. The normalized spacial score (nSPS) is 14.9. The fraction of sp³-hybridized carbons (Fsp3) is 0.333. The van der Waals surface area contributed by atoms with Gasteiger partial charge in [0.2, 0.25) is 0 Å². The number of hydrogen-bond donors (Lipinski definition) is 1. The summed E-state index contributed by atoms with van der Waals surface area (Å²) in [6, 6.07) is 15.8. The van der Waals surface area contributed by atoms with Crippen LogP contribution in [0.2, 0.25) is 0 Å². The lowest BCUT2D eigenvalue weighted by molar-refractivity contribution is -0.122. The molecular weight excluding hydrogens is 356 g/mol. The first kappa shape index (κ1) is 19.7. The molecule has 0 aromatic heterocycles. The van der Waals surface area contributed by atoms with E-state index in [9.17, 15) is 4.79 Å². The maximum atomic E-state index is 12.2. The Balaban J connectivity index is 1.47. The average Bonchev–Trinajstić information content (AvgIpc) is 2.74. The second-order valence-electron chi connectivity index (χ2n) is 6.47. The number of amides is 1. The Kier molecular flexibility index (Phi) is 6.86. The van der Waals surface area contributed by atoms with Crippen molar-refractivity contribution in [3.05, 3.63) is 54.1 Å². The van der Waals surface area contributed by atoms with Gasteiger partial charge >= 0.3 is 0 Å². The highest BCUT2D eigenvalue weighted by Crippen LogP contribution is 2.29. The van der Waals surface area contributed by atoms with Crippen LogP contribution in [0.3, 0.4) is 0 Å². The van der Waals surface area contributed by atoms with Crippen LogP contribution in [0.4, 0.5) is 5.69 Å². The fourth-order valence-electron chi connectivity index (χ4n) is 3.23. The summed E-state index contributed by atoms with van der Waals surface area (Å²) in [5, 5.41) is 4.06. The van der Waals surface area contributed by atoms with Crippen molar-refractivity contribution >= 4 is 17.8 Å². The van der Waals surface area contributed by atoms with E-state index in [4.69, 9.17) is 9.47 Å². The van der Waals surface area contributed by atoms with Gasteiger partial charge in [0, 0.05) is 37.4 Å². The van der Waals surface area contributed by atoms with Gasteiger partial charge in [-0.1, -0.05) is 24.3 Å². The number of ether oxygens (including phenoxy) is 2. The van der Waals surface area contributed by atoms with Crippen LogP contribution in [0.25, 0.3) is 0 Å². The molecule has 1 fully saturated rings. The van der Waals surface area contributed by atoms with Gasteiger partial charge in [-0.2, -0.15) is 5.10 Å². The number of hydrazone groups is 1. The topological polar surface area (TPSA) is 66.4 Å². The molecule has 2 aromatic carbocycles. The van der Waals surface area contributed by atoms with Crippen LogP contribution < -0.4 is 19.8 Å². The number of benzene rings is 2. The molecule has 0 unspecified atom stereocenters. The lowest BCUT2D eigenvalue weighted by Gasteiger charge is -2.35. The maximum absolute atomic E-state index is 12.2. The number of piperazine rings is 1. The number of nitrogens with one attached hydrogen (secondary N) is 1. The second kappa shape index (κ2) is 9.75. The third kappa shape index (κ3) is 5.01. The third-order valence-electron chi connectivity index (χ3n) is 4.69. The summed E-state index contributed by atoms with van der Waals surface area (Å²) in [5.41, 5.74) is 4.55. The van der Waals surface area contributed by atoms with E-state index < -0.39 is 0 Å². The van der Waals surface area contributed by atoms with E-state index in [1.165, 1.54) is 5.69 Å². The first-order valence-corrected chi connectivity index (χ1v) is 9.26. The number of hydrogen-bond acceptors (Lipinski definition) is 6. The Morgan fingerprint density at radius 1 is 1.04 bits per heavy atom. The summed E-state index contributed by atoms with van der Waals surface area (Å²) in [5.74, 6) is 1.07. The van der Waals surface area contributed by atoms with E-state index in [2.05, 4.69) is 32.5 Å². The van der Waals surface area contributed by atoms with Gasteiger partial charge in [0.15, 0.2) is 11.5 Å². The molecule has 1 saturated heterocycles. The van der Waals surface area contributed by atoms with Crippen LogP contribution in [0.1, 0.15) is 5.56 Å². The van der Waals surface area contributed by atoms with Crippen LogP contribution >= 0.6 is 0 Å². The van der Waals surface area contributed by atoms with Crippen LogP contribution in [0, 0.1) is 0 Å². The number of nitrogens with zero attached hydrogens (tertiary/aromatic N) is 3. The van der Waals surface area contributed by atoms with E-state index in [-0.39, 0.29) is 5.91 Å². The van der Waals surface area contributed by atoms with Gasteiger partial charge < -0.3 is 14.4 Å². The van der Waals surface area contributed by atoms with Gasteiger partial charge in [0.05, 0.1) is 27.0 Å². The minimum Gasteiger partial charge on any atom is -0.493 e. The first-order valence-electron chi connectivity index (χ1n) is 9.26. The molecule has 0 bridgehead atoms. The van der Waals surface area contributed by atoms with Crippen LogP contribution in [0.5, 0.6) is 11.5 Å². The van der Waals surface area contributed by atoms with Crippen molar-refractivity contribution in [3.8, 4) is 11.5 Å². The van der Waals surface area contributed by atoms with Crippen molar-refractivity contribution in [2.24, 2.45) is 5.10 Å². The van der Waals surface area contributed by atoms with Crippen LogP contribution in [-0.2, 0) is 4.79 Å². The highest BCUT2D eigenvalue weighted by molar-refractivity contribution is 5.86. The highest BCUT2D eigenvalue weighted by atomic mass is 16.5. The highest BCUT2D eigenvalue weighted by Gasteiger charge is 2.18. The number of anilines is 1. The Labute approximate surface area is 165 Å². The SMILES string of the molecule is COc1cccc(/C=N/NC(=O)CN2CCN(c3ccccc3)CC2)c1OC. The van der Waals surface area contributed by atoms with Crippen LogP contribution in [0.15, 0.2) is 53.6 Å². The molecule has 0 atom stereocenters. The van der Waals surface area contributed by atoms with Crippen LogP contribution in [-0.4, -0.2) is 64.0 Å². The number of methoxy groups -OCH3 is 2. The van der Waals surface area contributed by atoms with Gasteiger partial charge in [-0.05, 0) is 24.3 Å². The molecule has 2 aromatic rings. The Hall–Kier alpha value is -3.06. The number of para-hydroxylation sites is 2. The molecule has 0 radical (unpaired) electrons. The van der Waals surface area contributed by atoms with Crippen molar-refractivity contribution in [1.82, 2.24) is 10.3 Å². The zero-order chi connectivity index (χ0) is 19.8.